The van der Waals surface area contributed by atoms with Crippen LogP contribution in [0.4, 0.5) is 52.4 Å². The smallest absolute Gasteiger partial charge is 0.478 e. The van der Waals surface area contributed by atoms with Crippen LogP contribution in [-0.2, 0) is 11.0 Å². The predicted molar refractivity (Wildman–Crippen MR) is 134 cm³/mol. The first-order valence-corrected chi connectivity index (χ1v) is 12.1. The predicted octanol–water partition coefficient (Wildman–Crippen LogP) is 6.54. The number of piperidine rings is 1. The molecule has 0 saturated carbocycles. The number of aliphatic carboxylic acids is 1. The summed E-state index contributed by atoms with van der Waals surface area (Å²) in [5.74, 6) is -6.93. The van der Waals surface area contributed by atoms with E-state index in [0.29, 0.717) is 6.07 Å². The summed E-state index contributed by atoms with van der Waals surface area (Å²) < 4.78 is 106. The molecule has 0 atom stereocenters. The molecule has 0 aliphatic carbocycles. The van der Waals surface area contributed by atoms with Crippen molar-refractivity contribution in [3.8, 4) is 0 Å². The third kappa shape index (κ3) is 7.28. The maximum absolute atomic E-state index is 13.7. The highest BCUT2D eigenvalue weighted by Crippen LogP contribution is 2.40. The van der Waals surface area contributed by atoms with Crippen LogP contribution in [0.15, 0.2) is 51.7 Å². The van der Waals surface area contributed by atoms with Crippen LogP contribution in [0.3, 0.4) is 0 Å². The van der Waals surface area contributed by atoms with Gasteiger partial charge < -0.3 is 24.4 Å². The van der Waals surface area contributed by atoms with E-state index in [1.807, 2.05) is 0 Å². The summed E-state index contributed by atoms with van der Waals surface area (Å²) >= 11 is 0. The van der Waals surface area contributed by atoms with Gasteiger partial charge in [-0.2, -0.15) is 26.3 Å². The highest BCUT2D eigenvalue weighted by molar-refractivity contribution is 5.99. The number of carbonyl (C=O) groups is 2. The van der Waals surface area contributed by atoms with Crippen LogP contribution in [0.25, 0.3) is 11.0 Å². The number of anilines is 3. The lowest BCUT2D eigenvalue weighted by Gasteiger charge is -2.32. The first-order valence-electron chi connectivity index (χ1n) is 12.1. The van der Waals surface area contributed by atoms with Gasteiger partial charge in [-0.05, 0) is 31.2 Å². The number of halogens is 8. The van der Waals surface area contributed by atoms with Crippen molar-refractivity contribution >= 4 is 40.2 Å². The molecule has 2 N–H and O–H groups in total. The molecular weight excluding hydrogens is 588 g/mol. The van der Waals surface area contributed by atoms with Gasteiger partial charge in [0, 0.05) is 38.5 Å². The molecule has 4 rings (SSSR count). The first kappa shape index (κ1) is 32.1. The van der Waals surface area contributed by atoms with Crippen LogP contribution in [-0.4, -0.2) is 53.9 Å². The molecule has 16 heteroatoms. The van der Waals surface area contributed by atoms with Gasteiger partial charge in [0.15, 0.2) is 16.9 Å². The minimum absolute atomic E-state index is 0.0402. The lowest BCUT2D eigenvalue weighted by Crippen LogP contribution is -2.39. The van der Waals surface area contributed by atoms with Crippen LogP contribution in [0.5, 0.6) is 0 Å². The molecule has 0 radical (unpaired) electrons. The van der Waals surface area contributed by atoms with Crippen LogP contribution in [0, 0.1) is 0 Å². The molecule has 1 aliphatic rings. The number of nitrogens with zero attached hydrogens (tertiary/aromatic N) is 2. The molecule has 2 heterocycles. The summed E-state index contributed by atoms with van der Waals surface area (Å²) in [6.07, 6.45) is -10.8. The molecule has 1 aliphatic heterocycles. The molecule has 1 aromatic heterocycles. The van der Waals surface area contributed by atoms with Gasteiger partial charge in [0.1, 0.15) is 0 Å². The Bertz CT molecular complexity index is 1520. The van der Waals surface area contributed by atoms with Gasteiger partial charge in [0.05, 0.1) is 27.9 Å². The van der Waals surface area contributed by atoms with Crippen LogP contribution >= 0.6 is 0 Å². The fraction of sp³-hybridized carbons (Fsp3) is 0.346. The average molecular weight is 610 g/mol. The number of alkyl halides is 8. The Balaban J connectivity index is 0.000000616. The van der Waals surface area contributed by atoms with Crippen LogP contribution < -0.4 is 15.2 Å². The summed E-state index contributed by atoms with van der Waals surface area (Å²) in [6.45, 7) is 1.46. The second-order valence-electron chi connectivity index (χ2n) is 9.03. The van der Waals surface area contributed by atoms with Crippen molar-refractivity contribution in [3.63, 3.8) is 0 Å². The van der Waals surface area contributed by atoms with Crippen molar-refractivity contribution in [1.82, 2.24) is 0 Å². The molecule has 1 saturated heterocycles. The van der Waals surface area contributed by atoms with Gasteiger partial charge in [-0.15, -0.1) is 0 Å². The third-order valence-corrected chi connectivity index (χ3v) is 6.20. The molecule has 42 heavy (non-hydrogen) atoms. The molecule has 0 amide bonds. The summed E-state index contributed by atoms with van der Waals surface area (Å²) in [4.78, 5) is 36.4. The SMILES string of the molecule is CCN(c1ccccc1C(=O)O)c1cc(C(F)(F)F)cc2c(=O)cc(N3CCC(F)(F)CC3)oc12.O=C(O)C(F)(F)F. The number of fused-ring (bicyclic) bond motifs is 1. The van der Waals surface area contributed by atoms with Crippen molar-refractivity contribution < 1.29 is 59.3 Å². The number of hydrogen-bond donors (Lipinski definition) is 2. The Morgan fingerprint density at radius 3 is 2.05 bits per heavy atom. The molecule has 0 spiro atoms. The number of rotatable bonds is 5. The summed E-state index contributed by atoms with van der Waals surface area (Å²) in [7, 11) is 0. The molecule has 2 aromatic carbocycles. The zero-order valence-corrected chi connectivity index (χ0v) is 21.5. The quantitative estimate of drug-likeness (QED) is 0.314. The Kier molecular flexibility index (Phi) is 9.07. The van der Waals surface area contributed by atoms with Gasteiger partial charge in [0.25, 0.3) is 5.92 Å². The highest BCUT2D eigenvalue weighted by atomic mass is 19.4. The number of carboxylic acid groups (broad SMARTS) is 2. The van der Waals surface area contributed by atoms with Gasteiger partial charge in [0.2, 0.25) is 0 Å². The van der Waals surface area contributed by atoms with Crippen molar-refractivity contribution in [2.75, 3.05) is 29.4 Å². The highest BCUT2D eigenvalue weighted by Gasteiger charge is 2.38. The fourth-order valence-electron chi connectivity index (χ4n) is 4.16. The average Bonchev–Trinajstić information content (AvgIpc) is 2.88. The first-order chi connectivity index (χ1) is 19.4. The number of para-hydroxylation sites is 1. The minimum atomic E-state index is -5.08. The molecular formula is C26H22F8N2O6. The molecule has 0 unspecified atom stereocenters. The van der Waals surface area contributed by atoms with Gasteiger partial charge in [-0.1, -0.05) is 12.1 Å². The Labute approximate surface area is 231 Å². The Morgan fingerprint density at radius 1 is 0.976 bits per heavy atom. The van der Waals surface area contributed by atoms with E-state index in [4.69, 9.17) is 14.3 Å². The van der Waals surface area contributed by atoms with E-state index in [1.165, 1.54) is 34.1 Å². The summed E-state index contributed by atoms with van der Waals surface area (Å²) in [5, 5.41) is 16.4. The van der Waals surface area contributed by atoms with E-state index in [9.17, 15) is 49.8 Å². The Morgan fingerprint density at radius 2 is 1.55 bits per heavy atom. The molecule has 228 valence electrons. The molecule has 8 nitrogen and oxygen atoms in total. The Hall–Kier alpha value is -4.37. The minimum Gasteiger partial charge on any atom is -0.478 e. The number of hydrogen-bond acceptors (Lipinski definition) is 6. The zero-order chi connectivity index (χ0) is 31.6. The van der Waals surface area contributed by atoms with Crippen molar-refractivity contribution in [2.24, 2.45) is 0 Å². The lowest BCUT2D eigenvalue weighted by atomic mass is 10.1. The zero-order valence-electron chi connectivity index (χ0n) is 21.5. The second kappa shape index (κ2) is 11.9. The number of carboxylic acids is 2. The largest absolute Gasteiger partial charge is 0.490 e. The van der Waals surface area contributed by atoms with Gasteiger partial charge in [-0.3, -0.25) is 4.79 Å². The van der Waals surface area contributed by atoms with Crippen molar-refractivity contribution in [2.45, 2.75) is 38.0 Å². The van der Waals surface area contributed by atoms with E-state index < -0.39 is 54.0 Å². The fourth-order valence-corrected chi connectivity index (χ4v) is 4.16. The monoisotopic (exact) mass is 610 g/mol. The number of aromatic carboxylic acids is 1. The second-order valence-corrected chi connectivity index (χ2v) is 9.03. The van der Waals surface area contributed by atoms with E-state index in [2.05, 4.69) is 0 Å². The van der Waals surface area contributed by atoms with Crippen molar-refractivity contribution in [3.05, 3.63) is 63.8 Å². The van der Waals surface area contributed by atoms with Gasteiger partial charge in [-0.25, -0.2) is 18.4 Å². The van der Waals surface area contributed by atoms with E-state index in [1.54, 1.807) is 6.92 Å². The summed E-state index contributed by atoms with van der Waals surface area (Å²) in [5.41, 5.74) is -2.28. The topological polar surface area (TPSA) is 111 Å². The van der Waals surface area contributed by atoms with E-state index in [-0.39, 0.29) is 53.4 Å². The van der Waals surface area contributed by atoms with Crippen LogP contribution in [0.1, 0.15) is 35.7 Å². The third-order valence-electron chi connectivity index (χ3n) is 6.20. The molecule has 3 aromatic rings. The maximum Gasteiger partial charge on any atom is 0.490 e. The lowest BCUT2D eigenvalue weighted by molar-refractivity contribution is -0.192. The van der Waals surface area contributed by atoms with Gasteiger partial charge >= 0.3 is 24.3 Å². The summed E-state index contributed by atoms with van der Waals surface area (Å²) in [6, 6.07) is 8.24. The standard InChI is InChI=1S/C24H21F5N2O4.C2HF3O2/c1-2-31(17-6-4-3-5-15(17)22(33)34)18-12-14(24(27,28)29)11-16-19(32)13-20(35-21(16)18)30-9-7-23(25,26)8-10-30;3-2(4,5)1(6)7/h3-6,11-13H,2,7-10H2,1H3,(H,33,34);(H,6,7). The maximum atomic E-state index is 13.7. The van der Waals surface area contributed by atoms with Crippen LogP contribution in [0.2, 0.25) is 0 Å². The van der Waals surface area contributed by atoms with E-state index in [0.717, 1.165) is 12.1 Å². The normalized spacial score (nSPS) is 15.1. The van der Waals surface area contributed by atoms with Crippen molar-refractivity contribution in [1.29, 1.82) is 0 Å². The number of benzene rings is 2. The van der Waals surface area contributed by atoms with E-state index >= 15 is 0 Å². The molecule has 1 fully saturated rings. The molecule has 0 bridgehead atoms.